The molecule has 3 aromatic rings. The molecule has 8 heteroatoms. The molecule has 2 atom stereocenters. The topological polar surface area (TPSA) is 90.4 Å². The van der Waals surface area contributed by atoms with Gasteiger partial charge in [0.2, 0.25) is 11.8 Å². The van der Waals surface area contributed by atoms with Crippen molar-refractivity contribution in [1.29, 1.82) is 0 Å². The van der Waals surface area contributed by atoms with Crippen molar-refractivity contribution in [3.05, 3.63) is 64.7 Å². The van der Waals surface area contributed by atoms with Crippen LogP contribution in [0, 0.1) is 38.5 Å². The molecule has 0 amide bonds. The molecule has 220 valence electrons. The van der Waals surface area contributed by atoms with E-state index < -0.39 is 10.0 Å². The SMILES string of the molecule is Cc1cccc(C)c1-c1nc2nc(c1C)OC[C@@H](CC(C)C)C([C@H]1C[C@@H](OC(C)C)C1)c1cccc(c1)S(=O)(=O)N2. The van der Waals surface area contributed by atoms with Gasteiger partial charge in [0.1, 0.15) is 0 Å². The van der Waals surface area contributed by atoms with E-state index in [-0.39, 0.29) is 34.9 Å². The molecule has 2 heterocycles. The van der Waals surface area contributed by atoms with E-state index in [9.17, 15) is 8.42 Å². The van der Waals surface area contributed by atoms with Gasteiger partial charge in [-0.1, -0.05) is 44.2 Å². The minimum absolute atomic E-state index is 0.0128. The monoisotopic (exact) mass is 577 g/mol. The smallest absolute Gasteiger partial charge is 0.264 e. The van der Waals surface area contributed by atoms with Gasteiger partial charge in [0.15, 0.2) is 0 Å². The Labute approximate surface area is 245 Å². The molecule has 0 radical (unpaired) electrons. The Morgan fingerprint density at radius 3 is 2.34 bits per heavy atom. The van der Waals surface area contributed by atoms with Crippen molar-refractivity contribution >= 4 is 16.0 Å². The predicted molar refractivity (Wildman–Crippen MR) is 163 cm³/mol. The molecule has 0 saturated heterocycles. The summed E-state index contributed by atoms with van der Waals surface area (Å²) in [7, 11) is -3.94. The van der Waals surface area contributed by atoms with Crippen LogP contribution in [0.25, 0.3) is 11.3 Å². The van der Waals surface area contributed by atoms with Gasteiger partial charge in [0, 0.05) is 17.0 Å². The fourth-order valence-corrected chi connectivity index (χ4v) is 7.61. The summed E-state index contributed by atoms with van der Waals surface area (Å²) in [5.74, 6) is 1.57. The minimum Gasteiger partial charge on any atom is -0.477 e. The zero-order valence-corrected chi connectivity index (χ0v) is 26.1. The van der Waals surface area contributed by atoms with Gasteiger partial charge in [-0.15, -0.1) is 0 Å². The molecule has 1 aliphatic carbocycles. The van der Waals surface area contributed by atoms with E-state index in [0.717, 1.165) is 47.1 Å². The normalized spacial score (nSPS) is 23.6. The van der Waals surface area contributed by atoms with Gasteiger partial charge in [-0.25, -0.2) is 18.1 Å². The molecule has 1 saturated carbocycles. The number of ether oxygens (including phenoxy) is 2. The zero-order valence-electron chi connectivity index (χ0n) is 25.3. The summed E-state index contributed by atoms with van der Waals surface area (Å²) in [5, 5.41) is 0. The summed E-state index contributed by atoms with van der Waals surface area (Å²) in [5.41, 5.74) is 5.60. The molecule has 2 aromatic carbocycles. The van der Waals surface area contributed by atoms with Crippen molar-refractivity contribution in [2.75, 3.05) is 11.3 Å². The van der Waals surface area contributed by atoms with Gasteiger partial charge in [-0.05, 0) is 100 Å². The number of hydrogen-bond donors (Lipinski definition) is 1. The van der Waals surface area contributed by atoms with E-state index in [0.29, 0.717) is 30.0 Å². The summed E-state index contributed by atoms with van der Waals surface area (Å²) in [6.45, 7) is 15.1. The number of sulfonamides is 1. The standard InChI is InChI=1S/C33H43N3O4S/c1-19(2)14-26-18-39-32-23(7)31(29-21(5)10-8-11-22(29)6)34-33(35-32)36-41(37,38)28-13-9-12-24(17-28)30(26)25-15-27(16-25)40-20(3)4/h8-13,17,19-20,25-27,30H,14-16,18H2,1-7H3,(H,34,35,36)/t25-,26-,27+,30?/m1/s1. The van der Waals surface area contributed by atoms with Crippen LogP contribution < -0.4 is 9.46 Å². The predicted octanol–water partition coefficient (Wildman–Crippen LogP) is 7.21. The van der Waals surface area contributed by atoms with E-state index in [1.54, 1.807) is 6.07 Å². The molecule has 1 aliphatic heterocycles. The number of fused-ring (bicyclic) bond motifs is 4. The molecule has 1 N–H and O–H groups in total. The Kier molecular flexibility index (Phi) is 8.44. The maximum atomic E-state index is 13.7. The third kappa shape index (κ3) is 6.28. The third-order valence-corrected chi connectivity index (χ3v) is 9.74. The van der Waals surface area contributed by atoms with Crippen molar-refractivity contribution in [3.8, 4) is 17.1 Å². The van der Waals surface area contributed by atoms with Crippen molar-refractivity contribution in [2.45, 2.75) is 90.7 Å². The Hall–Kier alpha value is -2.97. The van der Waals surface area contributed by atoms with Crippen LogP contribution in [-0.2, 0) is 14.8 Å². The molecule has 0 spiro atoms. The molecule has 5 rings (SSSR count). The van der Waals surface area contributed by atoms with Gasteiger partial charge in [0.25, 0.3) is 10.0 Å². The van der Waals surface area contributed by atoms with Gasteiger partial charge in [-0.3, -0.25) is 0 Å². The number of nitrogens with zero attached hydrogens (tertiary/aromatic N) is 2. The number of benzene rings is 2. The van der Waals surface area contributed by atoms with E-state index in [1.807, 2.05) is 51.1 Å². The first-order valence-electron chi connectivity index (χ1n) is 14.8. The molecule has 1 aromatic heterocycles. The molecule has 1 unspecified atom stereocenters. The number of hydrogen-bond acceptors (Lipinski definition) is 6. The number of aryl methyl sites for hydroxylation is 2. The van der Waals surface area contributed by atoms with E-state index >= 15 is 0 Å². The van der Waals surface area contributed by atoms with Gasteiger partial charge >= 0.3 is 0 Å². The number of anilines is 1. The maximum Gasteiger partial charge on any atom is 0.264 e. The quantitative estimate of drug-likeness (QED) is 0.333. The van der Waals surface area contributed by atoms with Crippen LogP contribution >= 0.6 is 0 Å². The van der Waals surface area contributed by atoms with Crippen LogP contribution in [-0.4, -0.2) is 37.2 Å². The van der Waals surface area contributed by atoms with Crippen LogP contribution in [0.15, 0.2) is 47.4 Å². The second kappa shape index (κ2) is 11.7. The second-order valence-corrected chi connectivity index (χ2v) is 14.2. The van der Waals surface area contributed by atoms with Crippen LogP contribution in [0.1, 0.15) is 75.1 Å². The Bertz CT molecular complexity index is 1490. The Morgan fingerprint density at radius 2 is 1.68 bits per heavy atom. The lowest BCUT2D eigenvalue weighted by Gasteiger charge is -2.44. The first kappa shape index (κ1) is 29.5. The maximum absolute atomic E-state index is 13.7. The lowest BCUT2D eigenvalue weighted by Crippen LogP contribution is -2.40. The fraction of sp³-hybridized carbons (Fsp3) is 0.515. The van der Waals surface area contributed by atoms with E-state index in [2.05, 4.69) is 43.5 Å². The second-order valence-electron chi connectivity index (χ2n) is 12.5. The van der Waals surface area contributed by atoms with Crippen LogP contribution in [0.3, 0.4) is 0 Å². The highest BCUT2D eigenvalue weighted by Gasteiger charge is 2.41. The molecule has 2 aliphatic rings. The first-order chi connectivity index (χ1) is 19.4. The molecular weight excluding hydrogens is 534 g/mol. The minimum atomic E-state index is -3.94. The van der Waals surface area contributed by atoms with Crippen LogP contribution in [0.5, 0.6) is 5.88 Å². The highest BCUT2D eigenvalue weighted by atomic mass is 32.2. The summed E-state index contributed by atoms with van der Waals surface area (Å²) >= 11 is 0. The summed E-state index contributed by atoms with van der Waals surface area (Å²) in [4.78, 5) is 9.55. The van der Waals surface area contributed by atoms with Crippen molar-refractivity contribution in [3.63, 3.8) is 0 Å². The third-order valence-electron chi connectivity index (χ3n) is 8.42. The van der Waals surface area contributed by atoms with E-state index in [4.69, 9.17) is 14.5 Å². The molecule has 41 heavy (non-hydrogen) atoms. The lowest BCUT2D eigenvalue weighted by molar-refractivity contribution is -0.0741. The average molecular weight is 578 g/mol. The largest absolute Gasteiger partial charge is 0.477 e. The first-order valence-corrected chi connectivity index (χ1v) is 16.3. The van der Waals surface area contributed by atoms with Gasteiger partial charge in [-0.2, -0.15) is 4.98 Å². The summed E-state index contributed by atoms with van der Waals surface area (Å²) in [6.07, 6.45) is 3.29. The number of rotatable bonds is 6. The number of aromatic nitrogens is 2. The van der Waals surface area contributed by atoms with E-state index in [1.165, 1.54) is 0 Å². The summed E-state index contributed by atoms with van der Waals surface area (Å²) < 4.78 is 42.7. The number of nitrogens with one attached hydrogen (secondary N) is 1. The zero-order chi connectivity index (χ0) is 29.5. The van der Waals surface area contributed by atoms with Crippen LogP contribution in [0.2, 0.25) is 0 Å². The molecular formula is C33H43N3O4S. The van der Waals surface area contributed by atoms with Crippen molar-refractivity contribution in [2.24, 2.45) is 17.8 Å². The average Bonchev–Trinajstić information content (AvgIpc) is 2.86. The molecule has 1 fully saturated rings. The molecule has 4 bridgehead atoms. The Balaban J connectivity index is 1.63. The molecule has 7 nitrogen and oxygen atoms in total. The van der Waals surface area contributed by atoms with Crippen molar-refractivity contribution in [1.82, 2.24) is 9.97 Å². The Morgan fingerprint density at radius 1 is 1.00 bits per heavy atom. The van der Waals surface area contributed by atoms with Crippen molar-refractivity contribution < 1.29 is 17.9 Å². The highest BCUT2D eigenvalue weighted by Crippen LogP contribution is 2.47. The van der Waals surface area contributed by atoms with Crippen LogP contribution in [0.4, 0.5) is 5.95 Å². The highest BCUT2D eigenvalue weighted by molar-refractivity contribution is 7.92. The lowest BCUT2D eigenvalue weighted by atomic mass is 9.65. The fourth-order valence-electron chi connectivity index (χ4n) is 6.62. The van der Waals surface area contributed by atoms with Gasteiger partial charge < -0.3 is 9.47 Å². The summed E-state index contributed by atoms with van der Waals surface area (Å²) in [6, 6.07) is 13.5. The van der Waals surface area contributed by atoms with Gasteiger partial charge in [0.05, 0.1) is 29.4 Å².